The van der Waals surface area contributed by atoms with E-state index in [2.05, 4.69) is 11.0 Å². The van der Waals surface area contributed by atoms with Crippen molar-refractivity contribution in [2.75, 3.05) is 30.3 Å². The van der Waals surface area contributed by atoms with Gasteiger partial charge in [0.25, 0.3) is 0 Å². The number of rotatable bonds is 2. The standard InChI is InChI=1S/C13H17N3O/c14-7-10-3-4-12(15)13(6-10)16-5-1-2-11(8-16)9-17/h3-4,6,11,17H,1-2,5,8-9,15H2. The van der Waals surface area contributed by atoms with Gasteiger partial charge >= 0.3 is 0 Å². The second-order valence-electron chi connectivity index (χ2n) is 4.52. The number of hydrogen-bond acceptors (Lipinski definition) is 4. The number of anilines is 2. The highest BCUT2D eigenvalue weighted by Gasteiger charge is 2.20. The van der Waals surface area contributed by atoms with E-state index in [1.54, 1.807) is 12.1 Å². The lowest BCUT2D eigenvalue weighted by Gasteiger charge is -2.34. The number of nitriles is 1. The molecule has 4 nitrogen and oxygen atoms in total. The first-order valence-electron chi connectivity index (χ1n) is 5.90. The van der Waals surface area contributed by atoms with E-state index in [1.807, 2.05) is 6.07 Å². The number of piperidine rings is 1. The molecule has 1 aromatic carbocycles. The van der Waals surface area contributed by atoms with E-state index in [0.717, 1.165) is 31.6 Å². The van der Waals surface area contributed by atoms with E-state index in [1.165, 1.54) is 0 Å². The van der Waals surface area contributed by atoms with E-state index in [4.69, 9.17) is 11.0 Å². The molecule has 2 rings (SSSR count). The Morgan fingerprint density at radius 1 is 1.53 bits per heavy atom. The Bertz CT molecular complexity index is 439. The number of benzene rings is 1. The number of hydrogen-bond donors (Lipinski definition) is 2. The Morgan fingerprint density at radius 3 is 3.06 bits per heavy atom. The molecule has 0 radical (unpaired) electrons. The zero-order valence-electron chi connectivity index (χ0n) is 9.76. The van der Waals surface area contributed by atoms with Crippen LogP contribution in [0.15, 0.2) is 18.2 Å². The second kappa shape index (κ2) is 5.07. The molecule has 1 heterocycles. The van der Waals surface area contributed by atoms with E-state index >= 15 is 0 Å². The maximum atomic E-state index is 9.22. The van der Waals surface area contributed by atoms with Gasteiger partial charge in [0.15, 0.2) is 0 Å². The summed E-state index contributed by atoms with van der Waals surface area (Å²) in [6, 6.07) is 7.46. The summed E-state index contributed by atoms with van der Waals surface area (Å²) in [5.74, 6) is 0.314. The number of nitrogens with two attached hydrogens (primary N) is 1. The van der Waals surface area contributed by atoms with E-state index < -0.39 is 0 Å². The molecule has 1 atom stereocenters. The molecule has 90 valence electrons. The Kier molecular flexibility index (Phi) is 3.50. The van der Waals surface area contributed by atoms with Crippen molar-refractivity contribution in [1.82, 2.24) is 0 Å². The van der Waals surface area contributed by atoms with Crippen molar-refractivity contribution < 1.29 is 5.11 Å². The Balaban J connectivity index is 2.24. The number of nitrogen functional groups attached to an aromatic ring is 1. The van der Waals surface area contributed by atoms with Gasteiger partial charge in [-0.05, 0) is 37.0 Å². The van der Waals surface area contributed by atoms with Crippen LogP contribution in [0.1, 0.15) is 18.4 Å². The minimum Gasteiger partial charge on any atom is -0.397 e. The van der Waals surface area contributed by atoms with Crippen LogP contribution in [0, 0.1) is 17.2 Å². The van der Waals surface area contributed by atoms with Crippen LogP contribution in [-0.2, 0) is 0 Å². The average Bonchev–Trinajstić information content (AvgIpc) is 2.39. The van der Waals surface area contributed by atoms with Crippen LogP contribution in [0.4, 0.5) is 11.4 Å². The number of aliphatic hydroxyl groups is 1. The predicted molar refractivity (Wildman–Crippen MR) is 67.6 cm³/mol. The molecule has 1 aliphatic rings. The first-order valence-corrected chi connectivity index (χ1v) is 5.90. The van der Waals surface area contributed by atoms with Gasteiger partial charge in [0, 0.05) is 19.7 Å². The predicted octanol–water partition coefficient (Wildman–Crippen LogP) is 1.35. The molecule has 0 saturated carbocycles. The third-order valence-electron chi connectivity index (χ3n) is 3.28. The molecule has 3 N–H and O–H groups in total. The summed E-state index contributed by atoms with van der Waals surface area (Å²) in [6.45, 7) is 1.97. The number of nitrogens with zero attached hydrogens (tertiary/aromatic N) is 2. The molecule has 0 spiro atoms. The first-order chi connectivity index (χ1) is 8.24. The van der Waals surface area contributed by atoms with Gasteiger partial charge in [-0.1, -0.05) is 0 Å². The van der Waals surface area contributed by atoms with Crippen LogP contribution >= 0.6 is 0 Å². The third-order valence-corrected chi connectivity index (χ3v) is 3.28. The van der Waals surface area contributed by atoms with Crippen LogP contribution in [-0.4, -0.2) is 24.8 Å². The summed E-state index contributed by atoms with van der Waals surface area (Å²) in [5.41, 5.74) is 8.19. The molecule has 4 heteroatoms. The molecular formula is C13H17N3O. The van der Waals surface area contributed by atoms with Gasteiger partial charge in [-0.15, -0.1) is 0 Å². The first kappa shape index (κ1) is 11.7. The largest absolute Gasteiger partial charge is 0.397 e. The molecule has 0 aromatic heterocycles. The molecule has 1 saturated heterocycles. The fourth-order valence-electron chi connectivity index (χ4n) is 2.32. The molecule has 0 bridgehead atoms. The minimum absolute atomic E-state index is 0.217. The van der Waals surface area contributed by atoms with Gasteiger partial charge < -0.3 is 15.7 Å². The maximum Gasteiger partial charge on any atom is 0.0992 e. The van der Waals surface area contributed by atoms with E-state index in [0.29, 0.717) is 17.2 Å². The third kappa shape index (κ3) is 2.51. The quantitative estimate of drug-likeness (QED) is 0.753. The Labute approximate surface area is 101 Å². The number of aliphatic hydroxyl groups excluding tert-OH is 1. The van der Waals surface area contributed by atoms with Crippen LogP contribution in [0.2, 0.25) is 0 Å². The van der Waals surface area contributed by atoms with Crippen molar-refractivity contribution >= 4 is 11.4 Å². The molecule has 1 unspecified atom stereocenters. The fourth-order valence-corrected chi connectivity index (χ4v) is 2.32. The minimum atomic E-state index is 0.217. The summed E-state index contributed by atoms with van der Waals surface area (Å²) in [6.07, 6.45) is 2.12. The van der Waals surface area contributed by atoms with Crippen molar-refractivity contribution in [2.24, 2.45) is 5.92 Å². The molecule has 17 heavy (non-hydrogen) atoms. The van der Waals surface area contributed by atoms with Crippen molar-refractivity contribution in [3.05, 3.63) is 23.8 Å². The summed E-state index contributed by atoms with van der Waals surface area (Å²) in [4.78, 5) is 2.17. The van der Waals surface area contributed by atoms with Crippen molar-refractivity contribution in [3.63, 3.8) is 0 Å². The molecule has 0 aliphatic carbocycles. The van der Waals surface area contributed by atoms with Gasteiger partial charge in [-0.25, -0.2) is 0 Å². The van der Waals surface area contributed by atoms with Crippen LogP contribution in [0.5, 0.6) is 0 Å². The lowest BCUT2D eigenvalue weighted by molar-refractivity contribution is 0.209. The molecule has 1 fully saturated rings. The van der Waals surface area contributed by atoms with E-state index in [9.17, 15) is 5.11 Å². The maximum absolute atomic E-state index is 9.22. The summed E-state index contributed by atoms with van der Waals surface area (Å²) >= 11 is 0. The highest BCUT2D eigenvalue weighted by atomic mass is 16.3. The lowest BCUT2D eigenvalue weighted by atomic mass is 9.98. The average molecular weight is 231 g/mol. The smallest absolute Gasteiger partial charge is 0.0992 e. The Morgan fingerprint density at radius 2 is 2.35 bits per heavy atom. The summed E-state index contributed by atoms with van der Waals surface area (Å²) in [5, 5.41) is 18.1. The Hall–Kier alpha value is -1.73. The van der Waals surface area contributed by atoms with Gasteiger partial charge in [0.05, 0.1) is 23.0 Å². The highest BCUT2D eigenvalue weighted by Crippen LogP contribution is 2.28. The van der Waals surface area contributed by atoms with Gasteiger partial charge in [-0.3, -0.25) is 0 Å². The lowest BCUT2D eigenvalue weighted by Crippen LogP contribution is -2.37. The van der Waals surface area contributed by atoms with Crippen molar-refractivity contribution in [1.29, 1.82) is 5.26 Å². The molecular weight excluding hydrogens is 214 g/mol. The van der Waals surface area contributed by atoms with E-state index in [-0.39, 0.29) is 6.61 Å². The molecule has 1 aliphatic heterocycles. The van der Waals surface area contributed by atoms with Crippen molar-refractivity contribution in [2.45, 2.75) is 12.8 Å². The zero-order chi connectivity index (χ0) is 12.3. The SMILES string of the molecule is N#Cc1ccc(N)c(N2CCCC(CO)C2)c1. The van der Waals surface area contributed by atoms with Gasteiger partial charge in [0.1, 0.15) is 0 Å². The van der Waals surface area contributed by atoms with Crippen molar-refractivity contribution in [3.8, 4) is 6.07 Å². The summed E-state index contributed by atoms with van der Waals surface area (Å²) < 4.78 is 0. The zero-order valence-corrected chi connectivity index (χ0v) is 9.76. The van der Waals surface area contributed by atoms with Crippen LogP contribution in [0.3, 0.4) is 0 Å². The fraction of sp³-hybridized carbons (Fsp3) is 0.462. The monoisotopic (exact) mass is 231 g/mol. The van der Waals surface area contributed by atoms with Gasteiger partial charge in [-0.2, -0.15) is 5.26 Å². The molecule has 1 aromatic rings. The van der Waals surface area contributed by atoms with Gasteiger partial charge in [0.2, 0.25) is 0 Å². The second-order valence-corrected chi connectivity index (χ2v) is 4.52. The highest BCUT2D eigenvalue weighted by molar-refractivity contribution is 5.69. The van der Waals surface area contributed by atoms with Crippen LogP contribution < -0.4 is 10.6 Å². The normalized spacial score (nSPS) is 20.0. The van der Waals surface area contributed by atoms with Crippen LogP contribution in [0.25, 0.3) is 0 Å². The molecule has 0 amide bonds. The summed E-state index contributed by atoms with van der Waals surface area (Å²) in [7, 11) is 0. The topological polar surface area (TPSA) is 73.3 Å².